The molecule has 1 saturated heterocycles. The summed E-state index contributed by atoms with van der Waals surface area (Å²) in [6.45, 7) is 16.5. The third kappa shape index (κ3) is 28.2. The number of quaternary nitrogens is 1. The van der Waals surface area contributed by atoms with Gasteiger partial charge in [0.25, 0.3) is 0 Å². The van der Waals surface area contributed by atoms with Crippen molar-refractivity contribution in [3.8, 4) is 85.3 Å². The topological polar surface area (TPSA) is 361 Å². The van der Waals surface area contributed by atoms with E-state index in [1.54, 1.807) is 98.5 Å². The second-order valence-electron chi connectivity index (χ2n) is 35.2. The Labute approximate surface area is 817 Å². The zero-order chi connectivity index (χ0) is 101. The van der Waals surface area contributed by atoms with Crippen molar-refractivity contribution < 1.29 is 108 Å². The molecule has 0 spiro atoms. The Morgan fingerprint density at radius 2 is 1.37 bits per heavy atom. The van der Waals surface area contributed by atoms with Crippen LogP contribution in [0, 0.1) is 31.0 Å². The van der Waals surface area contributed by atoms with Gasteiger partial charge in [-0.25, -0.2) is 43.5 Å². The minimum atomic E-state index is -5.19. The van der Waals surface area contributed by atoms with E-state index in [4.69, 9.17) is 85.5 Å². The van der Waals surface area contributed by atoms with E-state index < -0.39 is 95.7 Å². The predicted molar refractivity (Wildman–Crippen MR) is 517 cm³/mol. The largest absolute Gasteiger partial charge is 0.542 e. The van der Waals surface area contributed by atoms with E-state index in [1.165, 1.54) is 41.6 Å². The summed E-state index contributed by atoms with van der Waals surface area (Å²) in [5.41, 5.74) is 11.0. The van der Waals surface area contributed by atoms with Gasteiger partial charge in [-0.2, -0.15) is 13.2 Å². The number of methoxy groups -OCH3 is 2. The van der Waals surface area contributed by atoms with Crippen LogP contribution in [0.15, 0.2) is 195 Å². The minimum absolute atomic E-state index is 0.0322. The number of alkyl carbamates (subject to hydrolysis) is 2. The van der Waals surface area contributed by atoms with Crippen LogP contribution in [0.4, 0.5) is 37.6 Å². The van der Waals surface area contributed by atoms with Crippen LogP contribution in [-0.2, 0) is 75.6 Å². The Balaban J connectivity index is 0.00000241. The molecule has 0 radical (unpaired) electrons. The number of fused-ring (bicyclic) bond motifs is 4. The molecule has 0 saturated carbocycles. The number of piperazine rings is 1. The molecule has 0 bridgehead atoms. The van der Waals surface area contributed by atoms with Gasteiger partial charge in [-0.3, -0.25) is 19.3 Å². The zero-order valence-corrected chi connectivity index (χ0v) is 80.9. The molecule has 4 heterocycles. The Morgan fingerprint density at radius 3 is 2.04 bits per heavy atom. The summed E-state index contributed by atoms with van der Waals surface area (Å²) in [6, 6.07) is 52.1. The molecule has 1 aliphatic carbocycles. The fraction of sp³-hybridized carbons (Fsp3) is 0.346. The number of esters is 1. The Bertz CT molecular complexity index is 6230. The SMILES string of the molecule is C#CCOC(=O)N[C@@H](CCCCNC(=O)OC(C)(C)C)C(=O)N[C@H](C(=O)N[C@@H](C)C(=O)Nc1ccc(C[N+]2(C)CCN(CCOc3ccc(-c4c(-c5ccc(F)cc5)sc5ncnc(O[C@H](Cc6ccccc6OCc6ccnc(-c7ccccc7OC)n6)C(=O)OCc6ccc(OC)cc6)c45)c(C)c3Cl)CC2)c(CN(C)C(=O)OCC2c3ccccc3-c3ccccc32)c1)C(C)C.O=C([O-])C(F)(F)F. The first-order chi connectivity index (χ1) is 67.0. The van der Waals surface area contributed by atoms with Crippen LogP contribution in [0.25, 0.3) is 54.3 Å². The lowest BCUT2D eigenvalue weighted by Crippen LogP contribution is -2.57. The average Bonchev–Trinajstić information content (AvgIpc) is 1.58. The number of aliphatic carboxylic acids is 1. The highest BCUT2D eigenvalue weighted by atomic mass is 35.5. The van der Waals surface area contributed by atoms with Crippen molar-refractivity contribution >= 4 is 86.8 Å². The van der Waals surface area contributed by atoms with Crippen molar-refractivity contribution in [1.29, 1.82) is 0 Å². The number of carbonyl (C=O) groups excluding carboxylic acids is 8. The van der Waals surface area contributed by atoms with Crippen LogP contribution in [0.5, 0.6) is 28.9 Å². The molecule has 140 heavy (non-hydrogen) atoms. The molecule has 30 nitrogen and oxygen atoms in total. The molecule has 5 N–H and O–H groups in total. The molecule has 1 fully saturated rings. The maximum atomic E-state index is 14.9. The van der Waals surface area contributed by atoms with E-state index in [0.29, 0.717) is 143 Å². The third-order valence-electron chi connectivity index (χ3n) is 23.4. The number of ether oxygens (including phenoxy) is 9. The average molecular weight is 1960 g/mol. The second kappa shape index (κ2) is 48.2. The normalized spacial score (nSPS) is 13.6. The zero-order valence-electron chi connectivity index (χ0n) is 79.3. The molecule has 4 atom stereocenters. The molecule has 8 aromatic carbocycles. The van der Waals surface area contributed by atoms with Gasteiger partial charge >= 0.3 is 30.4 Å². The summed E-state index contributed by atoms with van der Waals surface area (Å²) in [5.74, 6) is -1.76. The molecule has 6 amide bonds. The lowest BCUT2D eigenvalue weighted by atomic mass is 9.96. The van der Waals surface area contributed by atoms with E-state index in [2.05, 4.69) is 73.7 Å². The lowest BCUT2D eigenvalue weighted by molar-refractivity contribution is -0.926. The van der Waals surface area contributed by atoms with E-state index in [0.717, 1.165) is 46.5 Å². The van der Waals surface area contributed by atoms with Crippen LogP contribution in [-0.4, -0.2) is 206 Å². The van der Waals surface area contributed by atoms with Crippen LogP contribution < -0.4 is 55.4 Å². The summed E-state index contributed by atoms with van der Waals surface area (Å²) < 4.78 is 101. The number of likely N-dealkylation sites (N-methyl/N-ethyl adjacent to an activating group) is 1. The molecule has 3 aromatic heterocycles. The molecule has 11 aromatic rings. The highest BCUT2D eigenvalue weighted by Crippen LogP contribution is 2.51. The number of benzene rings is 8. The Morgan fingerprint density at radius 1 is 0.700 bits per heavy atom. The number of terminal acetylenes is 1. The van der Waals surface area contributed by atoms with Gasteiger partial charge in [0.2, 0.25) is 29.7 Å². The van der Waals surface area contributed by atoms with Crippen molar-refractivity contribution in [3.63, 3.8) is 0 Å². The minimum Gasteiger partial charge on any atom is -0.542 e. The molecule has 2 aliphatic rings. The molecule has 736 valence electrons. The van der Waals surface area contributed by atoms with Crippen LogP contribution >= 0.6 is 22.9 Å². The lowest BCUT2D eigenvalue weighted by Gasteiger charge is -2.42. The Kier molecular flexibility index (Phi) is 36.0. The first-order valence-corrected chi connectivity index (χ1v) is 46.5. The van der Waals surface area contributed by atoms with Gasteiger partial charge in [0.1, 0.15) is 103 Å². The first-order valence-electron chi connectivity index (χ1n) is 45.3. The van der Waals surface area contributed by atoms with Gasteiger partial charge in [0.05, 0.1) is 56.0 Å². The maximum Gasteiger partial charge on any atom is 0.430 e. The quantitative estimate of drug-likeness (QED) is 0.00596. The first kappa shape index (κ1) is 104. The van der Waals surface area contributed by atoms with Gasteiger partial charge in [0, 0.05) is 80.0 Å². The van der Waals surface area contributed by atoms with Crippen LogP contribution in [0.1, 0.15) is 111 Å². The number of nitrogens with one attached hydrogen (secondary N) is 5. The maximum absolute atomic E-state index is 14.9. The molecule has 13 rings (SSSR count). The summed E-state index contributed by atoms with van der Waals surface area (Å²) in [6.07, 6.45) is 0.619. The highest BCUT2D eigenvalue weighted by Gasteiger charge is 2.37. The van der Waals surface area contributed by atoms with Gasteiger partial charge < -0.3 is 88.5 Å². The number of carboxylic acid groups (broad SMARTS) is 1. The predicted octanol–water partition coefficient (Wildman–Crippen LogP) is 15.9. The number of carbonyl (C=O) groups is 8. The van der Waals surface area contributed by atoms with Gasteiger partial charge in [-0.1, -0.05) is 147 Å². The molecule has 36 heteroatoms. The monoisotopic (exact) mass is 1960 g/mol. The van der Waals surface area contributed by atoms with E-state index in [-0.39, 0.29) is 70.8 Å². The number of thiophene rings is 1. The number of unbranched alkanes of at least 4 members (excludes halogenated alkanes) is 1. The van der Waals surface area contributed by atoms with E-state index >= 15 is 0 Å². The van der Waals surface area contributed by atoms with Crippen molar-refractivity contribution in [2.24, 2.45) is 5.92 Å². The number of rotatable bonds is 39. The smallest absolute Gasteiger partial charge is 0.430 e. The van der Waals surface area contributed by atoms with Gasteiger partial charge in [-0.05, 0) is 182 Å². The van der Waals surface area contributed by atoms with Gasteiger partial charge in [0.15, 0.2) is 12.4 Å². The number of anilines is 1. The number of alkyl halides is 3. The summed E-state index contributed by atoms with van der Waals surface area (Å²) in [4.78, 5) is 129. The fourth-order valence-corrected chi connectivity index (χ4v) is 17.4. The molecular weight excluding hydrogens is 1850 g/mol. The molecular formula is C104H111ClF4N12O18S. The summed E-state index contributed by atoms with van der Waals surface area (Å²) in [7, 11) is 7.04. The van der Waals surface area contributed by atoms with Crippen molar-refractivity contribution in [1.82, 2.24) is 51.0 Å². The van der Waals surface area contributed by atoms with Crippen LogP contribution in [0.2, 0.25) is 5.02 Å². The fourth-order valence-electron chi connectivity index (χ4n) is 16.0. The number of hydrogen-bond acceptors (Lipinski definition) is 24. The van der Waals surface area contributed by atoms with Gasteiger partial charge in [-0.15, -0.1) is 17.8 Å². The van der Waals surface area contributed by atoms with Crippen LogP contribution in [0.3, 0.4) is 0 Å². The third-order valence-corrected chi connectivity index (χ3v) is 25.0. The number of hydrogen-bond donors (Lipinski definition) is 5. The number of carboxylic acids is 1. The van der Waals surface area contributed by atoms with Crippen molar-refractivity contribution in [3.05, 3.63) is 250 Å². The molecule has 0 unspecified atom stereocenters. The molecule has 1 aliphatic heterocycles. The number of halogens is 5. The number of para-hydroxylation sites is 2. The number of aromatic nitrogens is 4. The van der Waals surface area contributed by atoms with Crippen molar-refractivity contribution in [2.45, 2.75) is 142 Å². The van der Waals surface area contributed by atoms with E-state index in [1.807, 2.05) is 116 Å². The van der Waals surface area contributed by atoms with E-state index in [9.17, 15) is 51.1 Å². The standard InChI is InChI=1S/C102H110ClFN12O16S.C2HF3O2/c1-13-53-127-100(122)112-82(30-22-23-46-106-99(121)132-102(6,7)8)94(118)113-90(63(2)3)95(119)109-65(5)93(117)111-72-40-37-69(70(55-72)57-114(9)101(123)130-61-81-78-27-17-15-25-76(78)77-26-16-18-28-79(77)81)58-116(10)51-48-115(49-52-116)50-54-126-85-44-43-75(64(4)89(85)103)87-88-96(107-62-108-97(88)133-91(87)67-35-38-71(104)39-36-67)131-86(98(120)129-59-66-33-41-74(124-11)42-34-66)56-68-24-14-20-31-83(68)128-60-73-45-47-105-92(110-73)80-29-19-21-32-84(80)125-12;3-2(4,5)1(6)7/h1,14-21,24-29,31-45,47,55,62-63,65,81-82,86,90H,22-23,30,46,48-54,56-61H2,2-12H3,(H4-,106,109,111,112,113,117,118,119,121,122);(H,6,7)/t65-,82-,86+,90-;/m0./s1. The highest BCUT2D eigenvalue weighted by molar-refractivity contribution is 7.22. The second-order valence-corrected chi connectivity index (χ2v) is 36.5. The summed E-state index contributed by atoms with van der Waals surface area (Å²) in [5, 5.41) is 23.3. The summed E-state index contributed by atoms with van der Waals surface area (Å²) >= 11 is 8.81. The van der Waals surface area contributed by atoms with Crippen molar-refractivity contribution in [2.75, 3.05) is 92.7 Å². The number of amides is 6. The Hall–Kier alpha value is -14.5. The number of nitrogens with zero attached hydrogens (tertiary/aromatic N) is 7.